The third kappa shape index (κ3) is 44.2. The van der Waals surface area contributed by atoms with E-state index in [1.165, 1.54) is 19.3 Å². The molecular weight excluding hydrogens is 168 g/mol. The third-order valence-corrected chi connectivity index (χ3v) is 1.30. The first-order chi connectivity index (χ1) is 6.83. The Labute approximate surface area is 90.7 Å². The molecule has 0 saturated heterocycles. The Balaban J connectivity index is -0.000000147. The van der Waals surface area contributed by atoms with E-state index in [9.17, 15) is 0 Å². The Morgan fingerprint density at radius 3 is 1.79 bits per heavy atom. The van der Waals surface area contributed by atoms with Crippen molar-refractivity contribution in [3.63, 3.8) is 0 Å². The highest BCUT2D eigenvalue weighted by Gasteiger charge is 1.71. The van der Waals surface area contributed by atoms with Crippen molar-refractivity contribution >= 4 is 0 Å². The summed E-state index contributed by atoms with van der Waals surface area (Å²) in [6.45, 7) is 17.3. The number of hydrogen-bond acceptors (Lipinski definition) is 0. The van der Waals surface area contributed by atoms with Gasteiger partial charge in [-0.3, -0.25) is 0 Å². The van der Waals surface area contributed by atoms with Crippen molar-refractivity contribution in [2.45, 2.75) is 39.5 Å². The van der Waals surface area contributed by atoms with Gasteiger partial charge in [0.2, 0.25) is 0 Å². The first-order valence-corrected chi connectivity index (χ1v) is 5.16. The summed E-state index contributed by atoms with van der Waals surface area (Å²) in [7, 11) is 0. The molecule has 0 amide bonds. The Hall–Kier alpha value is -1.04. The first-order valence-electron chi connectivity index (χ1n) is 5.16. The van der Waals surface area contributed by atoms with Crippen LogP contribution in [0.1, 0.15) is 39.5 Å². The maximum atomic E-state index is 3.60. The van der Waals surface area contributed by atoms with E-state index in [2.05, 4.69) is 39.3 Å². The third-order valence-electron chi connectivity index (χ3n) is 1.30. The highest BCUT2D eigenvalue weighted by molar-refractivity contribution is 4.85. The predicted octanol–water partition coefficient (Wildman–Crippen LogP) is 5.30. The second kappa shape index (κ2) is 29.7. The van der Waals surface area contributed by atoms with Crippen molar-refractivity contribution < 1.29 is 0 Å². The van der Waals surface area contributed by atoms with Crippen LogP contribution in [0.4, 0.5) is 0 Å². The average Bonchev–Trinajstić information content (AvgIpc) is 2.27. The van der Waals surface area contributed by atoms with E-state index in [1.807, 2.05) is 25.2 Å². The van der Waals surface area contributed by atoms with Gasteiger partial charge in [0.25, 0.3) is 0 Å². The van der Waals surface area contributed by atoms with E-state index in [-0.39, 0.29) is 0 Å². The largest absolute Gasteiger partial charge is 0.106 e. The second-order valence-corrected chi connectivity index (χ2v) is 2.52. The SMILES string of the molecule is C=C.C=CC/C=C/C.C=CCCCC. The van der Waals surface area contributed by atoms with E-state index in [1.54, 1.807) is 0 Å². The van der Waals surface area contributed by atoms with Gasteiger partial charge < -0.3 is 0 Å². The van der Waals surface area contributed by atoms with E-state index < -0.39 is 0 Å². The molecule has 0 unspecified atom stereocenters. The fourth-order valence-electron chi connectivity index (χ4n) is 0.581. The molecule has 0 aliphatic carbocycles. The maximum absolute atomic E-state index is 3.60. The van der Waals surface area contributed by atoms with Gasteiger partial charge in [0, 0.05) is 0 Å². The van der Waals surface area contributed by atoms with Gasteiger partial charge in [-0.05, 0) is 19.8 Å². The van der Waals surface area contributed by atoms with E-state index in [4.69, 9.17) is 0 Å². The minimum Gasteiger partial charge on any atom is -0.106 e. The molecule has 14 heavy (non-hydrogen) atoms. The highest BCUT2D eigenvalue weighted by Crippen LogP contribution is 1.91. The minimum absolute atomic E-state index is 0.997. The van der Waals surface area contributed by atoms with Crippen LogP contribution in [0.3, 0.4) is 0 Å². The zero-order valence-corrected chi connectivity index (χ0v) is 9.97. The van der Waals surface area contributed by atoms with Crippen LogP contribution in [0.15, 0.2) is 50.6 Å². The molecule has 0 aromatic carbocycles. The molecule has 0 nitrogen and oxygen atoms in total. The van der Waals surface area contributed by atoms with Crippen molar-refractivity contribution in [3.8, 4) is 0 Å². The summed E-state index contributed by atoms with van der Waals surface area (Å²) in [6, 6.07) is 0. The molecule has 0 aliphatic heterocycles. The van der Waals surface area contributed by atoms with Crippen LogP contribution in [0, 0.1) is 0 Å². The molecule has 0 rings (SSSR count). The molecule has 82 valence electrons. The second-order valence-electron chi connectivity index (χ2n) is 2.52. The molecule has 0 saturated carbocycles. The molecule has 0 radical (unpaired) electrons. The number of allylic oxidation sites excluding steroid dienone is 4. The van der Waals surface area contributed by atoms with Crippen LogP contribution in [0.2, 0.25) is 0 Å². The maximum Gasteiger partial charge on any atom is -0.0172 e. The molecule has 0 heterocycles. The molecule has 0 aromatic heterocycles. The van der Waals surface area contributed by atoms with Gasteiger partial charge in [0.05, 0.1) is 0 Å². The Bertz CT molecular complexity index is 120. The van der Waals surface area contributed by atoms with Crippen molar-refractivity contribution in [3.05, 3.63) is 50.6 Å². The Morgan fingerprint density at radius 1 is 1.07 bits per heavy atom. The van der Waals surface area contributed by atoms with Crippen molar-refractivity contribution in [1.82, 2.24) is 0 Å². The Morgan fingerprint density at radius 2 is 1.64 bits per heavy atom. The molecule has 0 fully saturated rings. The van der Waals surface area contributed by atoms with Crippen LogP contribution in [-0.2, 0) is 0 Å². The molecule has 0 aromatic rings. The van der Waals surface area contributed by atoms with Crippen molar-refractivity contribution in [1.29, 1.82) is 0 Å². The fourth-order valence-corrected chi connectivity index (χ4v) is 0.581. The van der Waals surface area contributed by atoms with Crippen LogP contribution in [0.5, 0.6) is 0 Å². The van der Waals surface area contributed by atoms with Gasteiger partial charge in [-0.15, -0.1) is 26.3 Å². The van der Waals surface area contributed by atoms with Gasteiger partial charge in [0.1, 0.15) is 0 Å². The lowest BCUT2D eigenvalue weighted by Gasteiger charge is -1.81. The smallest absolute Gasteiger partial charge is 0.0172 e. The first kappa shape index (κ1) is 18.7. The number of rotatable bonds is 5. The predicted molar refractivity (Wildman–Crippen MR) is 70.6 cm³/mol. The molecule has 0 N–H and O–H groups in total. The molecular formula is C14H26. The van der Waals surface area contributed by atoms with Crippen LogP contribution in [0.25, 0.3) is 0 Å². The molecule has 0 spiro atoms. The number of hydrogen-bond donors (Lipinski definition) is 0. The molecule has 0 heteroatoms. The van der Waals surface area contributed by atoms with E-state index in [0.717, 1.165) is 6.42 Å². The van der Waals surface area contributed by atoms with E-state index in [0.29, 0.717) is 0 Å². The summed E-state index contributed by atoms with van der Waals surface area (Å²) in [6.07, 6.45) is 12.7. The summed E-state index contributed by atoms with van der Waals surface area (Å²) in [5, 5.41) is 0. The summed E-state index contributed by atoms with van der Waals surface area (Å²) < 4.78 is 0. The van der Waals surface area contributed by atoms with Gasteiger partial charge in [-0.2, -0.15) is 0 Å². The highest BCUT2D eigenvalue weighted by atomic mass is 13.8. The topological polar surface area (TPSA) is 0 Å². The Kier molecular flexibility index (Phi) is 39.6. The lowest BCUT2D eigenvalue weighted by Crippen LogP contribution is -1.61. The van der Waals surface area contributed by atoms with E-state index >= 15 is 0 Å². The van der Waals surface area contributed by atoms with Gasteiger partial charge >= 0.3 is 0 Å². The molecule has 0 atom stereocenters. The summed E-state index contributed by atoms with van der Waals surface area (Å²) >= 11 is 0. The summed E-state index contributed by atoms with van der Waals surface area (Å²) in [5.41, 5.74) is 0. The van der Waals surface area contributed by atoms with Gasteiger partial charge in [-0.25, -0.2) is 0 Å². The zero-order valence-electron chi connectivity index (χ0n) is 9.97. The van der Waals surface area contributed by atoms with Crippen LogP contribution < -0.4 is 0 Å². The fraction of sp³-hybridized carbons (Fsp3) is 0.429. The van der Waals surface area contributed by atoms with Gasteiger partial charge in [0.15, 0.2) is 0 Å². The number of unbranched alkanes of at least 4 members (excludes halogenated alkanes) is 2. The molecule has 0 aliphatic rings. The van der Waals surface area contributed by atoms with Crippen LogP contribution >= 0.6 is 0 Å². The monoisotopic (exact) mass is 194 g/mol. The lowest BCUT2D eigenvalue weighted by atomic mass is 10.3. The van der Waals surface area contributed by atoms with Gasteiger partial charge in [-0.1, -0.05) is 44.1 Å². The lowest BCUT2D eigenvalue weighted by molar-refractivity contribution is 0.816. The minimum atomic E-state index is 0.997. The van der Waals surface area contributed by atoms with Crippen molar-refractivity contribution in [2.24, 2.45) is 0 Å². The average molecular weight is 194 g/mol. The summed E-state index contributed by atoms with van der Waals surface area (Å²) in [4.78, 5) is 0. The zero-order chi connectivity index (χ0) is 11.7. The normalized spacial score (nSPS) is 7.86. The molecule has 0 bridgehead atoms. The standard InChI is InChI=1S/C6H12.C6H10.C2H4/c2*1-3-5-6-4-2;1-2/h3H,1,4-6H2,2H3;3-4,6H,1,5H2,2H3;1-2H2/b;6-4+;. The quantitative estimate of drug-likeness (QED) is 0.411. The van der Waals surface area contributed by atoms with Crippen molar-refractivity contribution in [2.75, 3.05) is 0 Å². The summed E-state index contributed by atoms with van der Waals surface area (Å²) in [5.74, 6) is 0. The van der Waals surface area contributed by atoms with Crippen LogP contribution in [-0.4, -0.2) is 0 Å².